The Bertz CT molecular complexity index is 637. The van der Waals surface area contributed by atoms with Crippen LogP contribution >= 0.6 is 0 Å². The van der Waals surface area contributed by atoms with Gasteiger partial charge in [0.25, 0.3) is 5.91 Å². The van der Waals surface area contributed by atoms with E-state index in [2.05, 4.69) is 15.3 Å². The summed E-state index contributed by atoms with van der Waals surface area (Å²) in [5.74, 6) is -0.0519. The fourth-order valence-corrected chi connectivity index (χ4v) is 2.65. The number of carbonyl (C=O) groups is 2. The molecule has 1 atom stereocenters. The van der Waals surface area contributed by atoms with Crippen molar-refractivity contribution in [1.82, 2.24) is 5.32 Å². The predicted molar refractivity (Wildman–Crippen MR) is 83.7 cm³/mol. The molecule has 1 aliphatic rings. The molecule has 1 aliphatic heterocycles. The van der Waals surface area contributed by atoms with Gasteiger partial charge in [-0.05, 0) is 49.1 Å². The highest BCUT2D eigenvalue weighted by Crippen LogP contribution is 2.28. The van der Waals surface area contributed by atoms with Gasteiger partial charge in [0.05, 0.1) is 0 Å². The Kier molecular flexibility index (Phi) is 5.01. The third-order valence-electron chi connectivity index (χ3n) is 3.70. The molecule has 0 spiro atoms. The molecule has 7 heteroatoms. The van der Waals surface area contributed by atoms with E-state index in [1.165, 1.54) is 0 Å². The van der Waals surface area contributed by atoms with Crippen molar-refractivity contribution in [1.29, 1.82) is 0 Å². The maximum atomic E-state index is 12.1. The van der Waals surface area contributed by atoms with E-state index in [4.69, 9.17) is 5.53 Å². The van der Waals surface area contributed by atoms with Gasteiger partial charge in [0.2, 0.25) is 5.91 Å². The minimum Gasteiger partial charge on any atom is -0.352 e. The molecule has 0 aromatic heterocycles. The van der Waals surface area contributed by atoms with Crippen LogP contribution in [0.15, 0.2) is 23.3 Å². The Hall–Kier alpha value is -2.53. The molecule has 7 nitrogen and oxygen atoms in total. The molecule has 2 amide bonds. The van der Waals surface area contributed by atoms with Gasteiger partial charge in [0, 0.05) is 42.2 Å². The summed E-state index contributed by atoms with van der Waals surface area (Å²) >= 11 is 0. The summed E-state index contributed by atoms with van der Waals surface area (Å²) in [6, 6.07) is 5.31. The molecule has 1 saturated heterocycles. The molecule has 0 radical (unpaired) electrons. The van der Waals surface area contributed by atoms with Crippen molar-refractivity contribution in [3.05, 3.63) is 39.8 Å². The zero-order valence-electron chi connectivity index (χ0n) is 12.7. The minimum atomic E-state index is -0.119. The van der Waals surface area contributed by atoms with Crippen LogP contribution < -0.4 is 10.2 Å². The molecule has 1 fully saturated rings. The topological polar surface area (TPSA) is 98.2 Å². The number of nitrogens with zero attached hydrogens (tertiary/aromatic N) is 4. The lowest BCUT2D eigenvalue weighted by molar-refractivity contribution is -0.117. The maximum Gasteiger partial charge on any atom is 0.251 e. The van der Waals surface area contributed by atoms with Crippen LogP contribution in [0.4, 0.5) is 5.69 Å². The van der Waals surface area contributed by atoms with E-state index >= 15 is 0 Å². The second kappa shape index (κ2) is 6.95. The quantitative estimate of drug-likeness (QED) is 0.513. The molecule has 0 aliphatic carbocycles. The number of azide groups is 1. The summed E-state index contributed by atoms with van der Waals surface area (Å²) in [5.41, 5.74) is 10.6. The van der Waals surface area contributed by atoms with Crippen molar-refractivity contribution in [3.8, 4) is 0 Å². The van der Waals surface area contributed by atoms with Crippen molar-refractivity contribution in [2.45, 2.75) is 20.3 Å². The second-order valence-electron chi connectivity index (χ2n) is 5.35. The van der Waals surface area contributed by atoms with Crippen molar-refractivity contribution < 1.29 is 9.59 Å². The van der Waals surface area contributed by atoms with Crippen molar-refractivity contribution in [2.24, 2.45) is 11.0 Å². The van der Waals surface area contributed by atoms with Gasteiger partial charge in [-0.15, -0.1) is 0 Å². The van der Waals surface area contributed by atoms with Gasteiger partial charge in [0.15, 0.2) is 0 Å². The average molecular weight is 301 g/mol. The standard InChI is InChI=1S/C15H19N5O2/c1-3-17-15(22)12-4-5-13(10(2)6-12)20-9-11(7-14(20)21)8-18-19-16/h4-6,11H,3,7-9H2,1-2H3,(H,17,22). The Morgan fingerprint density at radius 3 is 2.95 bits per heavy atom. The van der Waals surface area contributed by atoms with Crippen LogP contribution in [0.1, 0.15) is 29.3 Å². The van der Waals surface area contributed by atoms with Gasteiger partial charge >= 0.3 is 0 Å². The number of benzene rings is 1. The number of amides is 2. The third kappa shape index (κ3) is 3.38. The molecular weight excluding hydrogens is 282 g/mol. The van der Waals surface area contributed by atoms with E-state index in [1.54, 1.807) is 23.1 Å². The highest BCUT2D eigenvalue weighted by atomic mass is 16.2. The van der Waals surface area contributed by atoms with Gasteiger partial charge in [0.1, 0.15) is 0 Å². The summed E-state index contributed by atoms with van der Waals surface area (Å²) < 4.78 is 0. The number of hydrogen-bond donors (Lipinski definition) is 1. The first-order valence-electron chi connectivity index (χ1n) is 7.26. The maximum absolute atomic E-state index is 12.1. The van der Waals surface area contributed by atoms with Gasteiger partial charge in [-0.2, -0.15) is 0 Å². The lowest BCUT2D eigenvalue weighted by Crippen LogP contribution is -2.26. The number of carbonyl (C=O) groups excluding carboxylic acids is 2. The van der Waals surface area contributed by atoms with E-state index in [0.717, 1.165) is 11.3 Å². The average Bonchev–Trinajstić information content (AvgIpc) is 2.86. The molecule has 0 saturated carbocycles. The first-order valence-corrected chi connectivity index (χ1v) is 7.26. The first-order chi connectivity index (χ1) is 10.6. The summed E-state index contributed by atoms with van der Waals surface area (Å²) in [4.78, 5) is 28.4. The molecule has 1 aromatic rings. The van der Waals surface area contributed by atoms with Gasteiger partial charge in [-0.25, -0.2) is 0 Å². The van der Waals surface area contributed by atoms with E-state index in [1.807, 2.05) is 13.8 Å². The number of anilines is 1. The summed E-state index contributed by atoms with van der Waals surface area (Å²) in [7, 11) is 0. The van der Waals surface area contributed by atoms with Crippen LogP contribution in [0, 0.1) is 12.8 Å². The Labute approximate surface area is 128 Å². The smallest absolute Gasteiger partial charge is 0.251 e. The van der Waals surface area contributed by atoms with Crippen LogP contribution in [0.5, 0.6) is 0 Å². The van der Waals surface area contributed by atoms with Crippen LogP contribution in [-0.2, 0) is 4.79 Å². The van der Waals surface area contributed by atoms with Crippen molar-refractivity contribution in [2.75, 3.05) is 24.5 Å². The minimum absolute atomic E-state index is 0.0204. The summed E-state index contributed by atoms with van der Waals surface area (Å²) in [6.45, 7) is 5.19. The van der Waals surface area contributed by atoms with Crippen LogP contribution in [0.3, 0.4) is 0 Å². The fraction of sp³-hybridized carbons (Fsp3) is 0.467. The van der Waals surface area contributed by atoms with Crippen LogP contribution in [0.2, 0.25) is 0 Å². The van der Waals surface area contributed by atoms with Gasteiger partial charge < -0.3 is 10.2 Å². The Balaban J connectivity index is 2.17. The molecule has 1 N–H and O–H groups in total. The summed E-state index contributed by atoms with van der Waals surface area (Å²) in [6.07, 6.45) is 0.385. The molecule has 1 heterocycles. The third-order valence-corrected chi connectivity index (χ3v) is 3.70. The molecule has 1 unspecified atom stereocenters. The van der Waals surface area contributed by atoms with E-state index in [0.29, 0.717) is 31.6 Å². The zero-order valence-corrected chi connectivity index (χ0v) is 12.7. The highest BCUT2D eigenvalue weighted by molar-refractivity contribution is 5.98. The molecule has 0 bridgehead atoms. The fourth-order valence-electron chi connectivity index (χ4n) is 2.65. The van der Waals surface area contributed by atoms with Crippen LogP contribution in [-0.4, -0.2) is 31.4 Å². The summed E-state index contributed by atoms with van der Waals surface area (Å²) in [5, 5.41) is 6.30. The van der Waals surface area contributed by atoms with Gasteiger partial charge in [-0.1, -0.05) is 5.11 Å². The lowest BCUT2D eigenvalue weighted by Gasteiger charge is -2.19. The molecule has 22 heavy (non-hydrogen) atoms. The Morgan fingerprint density at radius 1 is 1.55 bits per heavy atom. The Morgan fingerprint density at radius 2 is 2.32 bits per heavy atom. The van der Waals surface area contributed by atoms with Gasteiger partial charge in [-0.3, -0.25) is 9.59 Å². The SMILES string of the molecule is CCNC(=O)c1ccc(N2CC(CN=[N+]=[N-])CC2=O)c(C)c1. The van der Waals surface area contributed by atoms with Crippen molar-refractivity contribution >= 4 is 17.5 Å². The number of rotatable bonds is 5. The second-order valence-corrected chi connectivity index (χ2v) is 5.35. The molecule has 2 rings (SSSR count). The van der Waals surface area contributed by atoms with E-state index in [9.17, 15) is 9.59 Å². The molecular formula is C15H19N5O2. The number of hydrogen-bond acceptors (Lipinski definition) is 3. The normalized spacial score (nSPS) is 17.3. The lowest BCUT2D eigenvalue weighted by atomic mass is 10.1. The number of aryl methyl sites for hydroxylation is 1. The predicted octanol–water partition coefficient (Wildman–Crippen LogP) is 2.41. The van der Waals surface area contributed by atoms with E-state index < -0.39 is 0 Å². The number of nitrogens with one attached hydrogen (secondary N) is 1. The monoisotopic (exact) mass is 301 g/mol. The van der Waals surface area contributed by atoms with E-state index in [-0.39, 0.29) is 17.7 Å². The highest BCUT2D eigenvalue weighted by Gasteiger charge is 2.30. The van der Waals surface area contributed by atoms with Crippen molar-refractivity contribution in [3.63, 3.8) is 0 Å². The molecule has 1 aromatic carbocycles. The van der Waals surface area contributed by atoms with Crippen LogP contribution in [0.25, 0.3) is 10.4 Å². The largest absolute Gasteiger partial charge is 0.352 e. The molecule has 116 valence electrons. The zero-order chi connectivity index (χ0) is 16.1. The first kappa shape index (κ1) is 15.9.